The average molecular weight is 357 g/mol. The van der Waals surface area contributed by atoms with E-state index in [2.05, 4.69) is 10.6 Å². The van der Waals surface area contributed by atoms with Crippen LogP contribution in [0.5, 0.6) is 0 Å². The molecule has 24 heavy (non-hydrogen) atoms. The maximum atomic E-state index is 13.2. The lowest BCUT2D eigenvalue weighted by Gasteiger charge is -2.38. The van der Waals surface area contributed by atoms with Crippen LogP contribution >= 0.6 is 12.4 Å². The molecule has 0 aliphatic carbocycles. The Morgan fingerprint density at radius 3 is 2.46 bits per heavy atom. The van der Waals surface area contributed by atoms with Crippen molar-refractivity contribution in [1.29, 1.82) is 0 Å². The fourth-order valence-corrected chi connectivity index (χ4v) is 3.62. The molecule has 2 N–H and O–H groups in total. The normalized spacial score (nSPS) is 20.9. The number of piperidine rings is 1. The van der Waals surface area contributed by atoms with Gasteiger partial charge in [-0.25, -0.2) is 4.39 Å². The van der Waals surface area contributed by atoms with Gasteiger partial charge in [-0.15, -0.1) is 12.4 Å². The Labute approximate surface area is 148 Å². The molecule has 1 amide bonds. The lowest BCUT2D eigenvalue weighted by atomic mass is 9.74. The average Bonchev–Trinajstić information content (AvgIpc) is 2.62. The number of amides is 1. The summed E-state index contributed by atoms with van der Waals surface area (Å²) in [5.41, 5.74) is 0.946. The van der Waals surface area contributed by atoms with E-state index in [-0.39, 0.29) is 35.5 Å². The maximum absolute atomic E-state index is 13.2. The van der Waals surface area contributed by atoms with E-state index in [1.807, 2.05) is 12.1 Å². The Balaban J connectivity index is 0.00000208. The molecule has 2 aliphatic rings. The van der Waals surface area contributed by atoms with Crippen molar-refractivity contribution in [3.8, 4) is 0 Å². The molecule has 2 saturated heterocycles. The first-order chi connectivity index (χ1) is 11.2. The predicted octanol–water partition coefficient (Wildman–Crippen LogP) is 2.41. The van der Waals surface area contributed by atoms with E-state index in [1.54, 1.807) is 0 Å². The van der Waals surface area contributed by atoms with Gasteiger partial charge in [0.1, 0.15) is 5.82 Å². The molecule has 0 spiro atoms. The highest BCUT2D eigenvalue weighted by molar-refractivity contribution is 5.85. The molecule has 2 fully saturated rings. The number of ether oxygens (including phenoxy) is 1. The van der Waals surface area contributed by atoms with Crippen molar-refractivity contribution < 1.29 is 13.9 Å². The number of rotatable bonds is 4. The summed E-state index contributed by atoms with van der Waals surface area (Å²) in [5.74, 6) is 0.0375. The minimum absolute atomic E-state index is 0. The van der Waals surface area contributed by atoms with Gasteiger partial charge in [0, 0.05) is 31.1 Å². The van der Waals surface area contributed by atoms with E-state index in [1.165, 1.54) is 12.1 Å². The Kier molecular flexibility index (Phi) is 7.02. The van der Waals surface area contributed by atoms with Crippen molar-refractivity contribution in [3.63, 3.8) is 0 Å². The summed E-state index contributed by atoms with van der Waals surface area (Å²) in [6.45, 7) is 3.79. The van der Waals surface area contributed by atoms with Crippen molar-refractivity contribution in [2.45, 2.75) is 31.1 Å². The van der Waals surface area contributed by atoms with E-state index < -0.39 is 0 Å². The molecule has 2 heterocycles. The Morgan fingerprint density at radius 1 is 1.21 bits per heavy atom. The van der Waals surface area contributed by atoms with Crippen LogP contribution in [0.1, 0.15) is 31.2 Å². The maximum Gasteiger partial charge on any atom is 0.223 e. The summed E-state index contributed by atoms with van der Waals surface area (Å²) in [4.78, 5) is 12.4. The summed E-state index contributed by atoms with van der Waals surface area (Å²) in [7, 11) is 0. The highest BCUT2D eigenvalue weighted by Gasteiger charge is 2.35. The minimum atomic E-state index is -0.227. The van der Waals surface area contributed by atoms with Crippen molar-refractivity contribution in [3.05, 3.63) is 35.6 Å². The molecule has 1 aromatic carbocycles. The molecule has 0 radical (unpaired) electrons. The van der Waals surface area contributed by atoms with Gasteiger partial charge in [-0.05, 0) is 56.5 Å². The second-order valence-corrected chi connectivity index (χ2v) is 6.64. The quantitative estimate of drug-likeness (QED) is 0.871. The molecule has 134 valence electrons. The van der Waals surface area contributed by atoms with Crippen LogP contribution in [0.3, 0.4) is 0 Å². The molecule has 6 heteroatoms. The second kappa shape index (κ2) is 8.79. The van der Waals surface area contributed by atoms with Gasteiger partial charge in [-0.2, -0.15) is 0 Å². The fourth-order valence-electron chi connectivity index (χ4n) is 3.62. The van der Waals surface area contributed by atoms with Gasteiger partial charge in [0.25, 0.3) is 0 Å². The molecule has 0 bridgehead atoms. The molecule has 0 unspecified atom stereocenters. The predicted molar refractivity (Wildman–Crippen MR) is 94.0 cm³/mol. The molecule has 2 aliphatic heterocycles. The van der Waals surface area contributed by atoms with E-state index in [0.29, 0.717) is 19.8 Å². The van der Waals surface area contributed by atoms with Crippen molar-refractivity contribution >= 4 is 18.3 Å². The largest absolute Gasteiger partial charge is 0.381 e. The molecule has 1 aromatic rings. The lowest BCUT2D eigenvalue weighted by molar-refractivity contribution is -0.126. The van der Waals surface area contributed by atoms with Gasteiger partial charge in [0.2, 0.25) is 5.91 Å². The Morgan fingerprint density at radius 2 is 1.83 bits per heavy atom. The zero-order valence-electron chi connectivity index (χ0n) is 13.9. The monoisotopic (exact) mass is 356 g/mol. The van der Waals surface area contributed by atoms with Gasteiger partial charge >= 0.3 is 0 Å². The third-order valence-corrected chi connectivity index (χ3v) is 5.22. The van der Waals surface area contributed by atoms with Gasteiger partial charge in [0.15, 0.2) is 0 Å². The molecule has 3 rings (SSSR count). The van der Waals surface area contributed by atoms with Gasteiger partial charge < -0.3 is 15.4 Å². The van der Waals surface area contributed by atoms with Gasteiger partial charge in [0.05, 0.1) is 0 Å². The highest BCUT2D eigenvalue weighted by Crippen LogP contribution is 2.34. The van der Waals surface area contributed by atoms with Crippen LogP contribution in [0.25, 0.3) is 0 Å². The summed E-state index contributed by atoms with van der Waals surface area (Å²) < 4.78 is 18.7. The number of carbonyl (C=O) groups excluding carboxylic acids is 1. The van der Waals surface area contributed by atoms with Crippen LogP contribution < -0.4 is 10.6 Å². The second-order valence-electron chi connectivity index (χ2n) is 6.64. The zero-order chi connectivity index (χ0) is 16.1. The molecular formula is C18H26ClFN2O2. The van der Waals surface area contributed by atoms with Crippen molar-refractivity contribution in [2.24, 2.45) is 5.92 Å². The smallest absolute Gasteiger partial charge is 0.223 e. The van der Waals surface area contributed by atoms with Crippen LogP contribution in [0, 0.1) is 11.7 Å². The molecular weight excluding hydrogens is 331 g/mol. The molecule has 0 aromatic heterocycles. The fraction of sp³-hybridized carbons (Fsp3) is 0.611. The number of benzene rings is 1. The summed E-state index contributed by atoms with van der Waals surface area (Å²) >= 11 is 0. The third-order valence-electron chi connectivity index (χ3n) is 5.22. The zero-order valence-corrected chi connectivity index (χ0v) is 14.7. The lowest BCUT2D eigenvalue weighted by Crippen LogP contribution is -2.47. The first-order valence-electron chi connectivity index (χ1n) is 8.52. The number of hydrogen-bond donors (Lipinski definition) is 2. The van der Waals surface area contributed by atoms with Crippen LogP contribution in [0.15, 0.2) is 24.3 Å². The van der Waals surface area contributed by atoms with Crippen LogP contribution in [-0.2, 0) is 14.9 Å². The first-order valence-corrected chi connectivity index (χ1v) is 8.52. The van der Waals surface area contributed by atoms with E-state index >= 15 is 0 Å². The number of nitrogens with one attached hydrogen (secondary N) is 2. The highest BCUT2D eigenvalue weighted by atomic mass is 35.5. The summed E-state index contributed by atoms with van der Waals surface area (Å²) in [6, 6.07) is 6.69. The summed E-state index contributed by atoms with van der Waals surface area (Å²) in [5, 5.41) is 6.44. The number of hydrogen-bond acceptors (Lipinski definition) is 3. The molecule has 0 atom stereocenters. The Hall–Kier alpha value is -1.17. The first kappa shape index (κ1) is 19.2. The SMILES string of the molecule is Cl.O=C(NCC1(c2ccc(F)cc2)CCOCC1)C1CCNCC1. The van der Waals surface area contributed by atoms with Gasteiger partial charge in [-0.1, -0.05) is 12.1 Å². The van der Waals surface area contributed by atoms with Gasteiger partial charge in [-0.3, -0.25) is 4.79 Å². The standard InChI is InChI=1S/C18H25FN2O2.ClH/c19-16-3-1-15(2-4-16)18(7-11-23-12-8-18)13-21-17(22)14-5-9-20-10-6-14;/h1-4,14,20H,5-13H2,(H,21,22);1H. The van der Waals surface area contributed by atoms with E-state index in [0.717, 1.165) is 44.3 Å². The third kappa shape index (κ3) is 4.47. The topological polar surface area (TPSA) is 50.4 Å². The van der Waals surface area contributed by atoms with E-state index in [9.17, 15) is 9.18 Å². The van der Waals surface area contributed by atoms with Crippen LogP contribution in [0.2, 0.25) is 0 Å². The number of halogens is 2. The summed E-state index contributed by atoms with van der Waals surface area (Å²) in [6.07, 6.45) is 3.51. The van der Waals surface area contributed by atoms with Crippen molar-refractivity contribution in [2.75, 3.05) is 32.8 Å². The Bertz CT molecular complexity index is 526. The van der Waals surface area contributed by atoms with Crippen LogP contribution in [0.4, 0.5) is 4.39 Å². The molecule has 4 nitrogen and oxygen atoms in total. The minimum Gasteiger partial charge on any atom is -0.381 e. The van der Waals surface area contributed by atoms with E-state index in [4.69, 9.17) is 4.74 Å². The van der Waals surface area contributed by atoms with Crippen LogP contribution in [-0.4, -0.2) is 38.8 Å². The van der Waals surface area contributed by atoms with Crippen molar-refractivity contribution in [1.82, 2.24) is 10.6 Å². The molecule has 0 saturated carbocycles. The number of carbonyl (C=O) groups is 1.